The molecule has 7 nitrogen and oxygen atoms in total. The molecule has 0 spiro atoms. The molecule has 8 heteroatoms. The molecule has 0 radical (unpaired) electrons. The molecule has 0 bridgehead atoms. The number of aromatic nitrogens is 4. The van der Waals surface area contributed by atoms with E-state index in [9.17, 15) is 0 Å². The van der Waals surface area contributed by atoms with Crippen molar-refractivity contribution in [1.29, 1.82) is 0 Å². The van der Waals surface area contributed by atoms with Gasteiger partial charge in [0.1, 0.15) is 0 Å². The molecule has 0 amide bonds. The van der Waals surface area contributed by atoms with Gasteiger partial charge in [0, 0.05) is 18.6 Å². The summed E-state index contributed by atoms with van der Waals surface area (Å²) in [6, 6.07) is 1.81. The second-order valence-electron chi connectivity index (χ2n) is 6.40. The van der Waals surface area contributed by atoms with Gasteiger partial charge in [-0.3, -0.25) is 0 Å². The van der Waals surface area contributed by atoms with E-state index in [4.69, 9.17) is 14.0 Å². The Kier molecular flexibility index (Phi) is 3.89. The van der Waals surface area contributed by atoms with Crippen LogP contribution in [0.5, 0.6) is 5.88 Å². The van der Waals surface area contributed by atoms with Gasteiger partial charge in [0.2, 0.25) is 5.88 Å². The van der Waals surface area contributed by atoms with Crippen molar-refractivity contribution in [2.24, 2.45) is 0 Å². The minimum Gasteiger partial charge on any atom is -0.478 e. The topological polar surface area (TPSA) is 71.3 Å². The van der Waals surface area contributed by atoms with Crippen molar-refractivity contribution in [2.45, 2.75) is 45.8 Å². The van der Waals surface area contributed by atoms with Crippen LogP contribution in [-0.4, -0.2) is 44.7 Å². The smallest absolute Gasteiger partial charge is 0.478 e. The number of ether oxygens (including phenoxy) is 1. The molecule has 0 atom stereocenters. The van der Waals surface area contributed by atoms with Crippen molar-refractivity contribution >= 4 is 12.6 Å². The van der Waals surface area contributed by atoms with Crippen molar-refractivity contribution < 1.29 is 14.0 Å². The standard InChI is InChI=1S/C15H21BN4O3/c1-6-21-12-11(16-22-14(2,3)15(4,5)23-16)10-17-13(19-12)20-9-7-8-18-20/h7-10H,6H2,1-5H3. The lowest BCUT2D eigenvalue weighted by molar-refractivity contribution is 0.00578. The van der Waals surface area contributed by atoms with E-state index in [1.165, 1.54) is 0 Å². The van der Waals surface area contributed by atoms with Gasteiger partial charge in [0.05, 0.1) is 23.3 Å². The Morgan fingerprint density at radius 1 is 1.22 bits per heavy atom. The highest BCUT2D eigenvalue weighted by atomic mass is 16.7. The second-order valence-corrected chi connectivity index (χ2v) is 6.40. The molecule has 1 fully saturated rings. The molecular weight excluding hydrogens is 295 g/mol. The van der Waals surface area contributed by atoms with Crippen molar-refractivity contribution in [3.63, 3.8) is 0 Å². The van der Waals surface area contributed by atoms with E-state index in [1.807, 2.05) is 40.7 Å². The van der Waals surface area contributed by atoms with Gasteiger partial charge in [-0.1, -0.05) is 0 Å². The molecule has 0 aromatic carbocycles. The third-order valence-corrected chi connectivity index (χ3v) is 4.27. The SMILES string of the molecule is CCOc1nc(-n2cccn2)ncc1B1OC(C)(C)C(C)(C)O1. The first kappa shape index (κ1) is 16.0. The summed E-state index contributed by atoms with van der Waals surface area (Å²) >= 11 is 0. The second kappa shape index (κ2) is 5.61. The van der Waals surface area contributed by atoms with Gasteiger partial charge in [-0.2, -0.15) is 10.1 Å². The fraction of sp³-hybridized carbons (Fsp3) is 0.533. The number of hydrogen-bond acceptors (Lipinski definition) is 6. The summed E-state index contributed by atoms with van der Waals surface area (Å²) in [5.74, 6) is 0.894. The summed E-state index contributed by atoms with van der Waals surface area (Å²) in [5, 5.41) is 4.13. The molecule has 23 heavy (non-hydrogen) atoms. The average Bonchev–Trinajstić information content (AvgIpc) is 3.06. The fourth-order valence-electron chi connectivity index (χ4n) is 2.25. The normalized spacial score (nSPS) is 19.1. The van der Waals surface area contributed by atoms with Crippen molar-refractivity contribution in [2.75, 3.05) is 6.61 Å². The zero-order valence-electron chi connectivity index (χ0n) is 14.1. The molecule has 0 N–H and O–H groups in total. The first-order chi connectivity index (χ1) is 10.8. The van der Waals surface area contributed by atoms with E-state index < -0.39 is 18.3 Å². The van der Waals surface area contributed by atoms with Crippen molar-refractivity contribution in [1.82, 2.24) is 19.7 Å². The first-order valence-corrected chi connectivity index (χ1v) is 7.69. The monoisotopic (exact) mass is 316 g/mol. The Morgan fingerprint density at radius 3 is 2.48 bits per heavy atom. The molecule has 0 saturated carbocycles. The lowest BCUT2D eigenvalue weighted by Gasteiger charge is -2.32. The molecule has 2 aromatic heterocycles. The molecule has 1 saturated heterocycles. The van der Waals surface area contributed by atoms with Crippen LogP contribution in [0.1, 0.15) is 34.6 Å². The van der Waals surface area contributed by atoms with E-state index >= 15 is 0 Å². The molecule has 1 aliphatic rings. The Morgan fingerprint density at radius 2 is 1.91 bits per heavy atom. The van der Waals surface area contributed by atoms with Crippen LogP contribution in [-0.2, 0) is 9.31 Å². The third kappa shape index (κ3) is 2.84. The first-order valence-electron chi connectivity index (χ1n) is 7.69. The molecule has 3 rings (SSSR count). The molecule has 2 aromatic rings. The molecular formula is C15H21BN4O3. The maximum Gasteiger partial charge on any atom is 0.502 e. The minimum atomic E-state index is -0.562. The van der Waals surface area contributed by atoms with Crippen LogP contribution in [0.2, 0.25) is 0 Å². The van der Waals surface area contributed by atoms with E-state index in [0.717, 1.165) is 0 Å². The van der Waals surface area contributed by atoms with Crippen molar-refractivity contribution in [3.8, 4) is 11.8 Å². The van der Waals surface area contributed by atoms with E-state index in [1.54, 1.807) is 23.3 Å². The summed E-state index contributed by atoms with van der Waals surface area (Å²) in [4.78, 5) is 8.81. The molecule has 122 valence electrons. The Bertz CT molecular complexity index is 672. The van der Waals surface area contributed by atoms with Crippen LogP contribution >= 0.6 is 0 Å². The highest BCUT2D eigenvalue weighted by Gasteiger charge is 2.53. The van der Waals surface area contributed by atoms with Crippen LogP contribution in [0.15, 0.2) is 24.7 Å². The molecule has 0 unspecified atom stereocenters. The third-order valence-electron chi connectivity index (χ3n) is 4.27. The van der Waals surface area contributed by atoms with E-state index in [0.29, 0.717) is 23.9 Å². The van der Waals surface area contributed by atoms with E-state index in [-0.39, 0.29) is 0 Å². The maximum atomic E-state index is 6.06. The highest BCUT2D eigenvalue weighted by molar-refractivity contribution is 6.63. The summed E-state index contributed by atoms with van der Waals surface area (Å²) in [6.07, 6.45) is 5.13. The van der Waals surface area contributed by atoms with Crippen LogP contribution in [0, 0.1) is 0 Å². The van der Waals surface area contributed by atoms with Gasteiger partial charge >= 0.3 is 7.12 Å². The van der Waals surface area contributed by atoms with Crippen molar-refractivity contribution in [3.05, 3.63) is 24.7 Å². The lowest BCUT2D eigenvalue weighted by Crippen LogP contribution is -2.41. The maximum absolute atomic E-state index is 6.06. The van der Waals surface area contributed by atoms with Crippen LogP contribution in [0.3, 0.4) is 0 Å². The van der Waals surface area contributed by atoms with Crippen LogP contribution in [0.4, 0.5) is 0 Å². The number of nitrogens with zero attached hydrogens (tertiary/aromatic N) is 4. The highest BCUT2D eigenvalue weighted by Crippen LogP contribution is 2.37. The predicted octanol–water partition coefficient (Wildman–Crippen LogP) is 1.36. The number of hydrogen-bond donors (Lipinski definition) is 0. The Labute approximate surface area is 136 Å². The number of rotatable bonds is 4. The van der Waals surface area contributed by atoms with E-state index in [2.05, 4.69) is 15.1 Å². The van der Waals surface area contributed by atoms with Crippen LogP contribution in [0.25, 0.3) is 5.95 Å². The Balaban J connectivity index is 1.96. The predicted molar refractivity (Wildman–Crippen MR) is 86.0 cm³/mol. The zero-order valence-corrected chi connectivity index (χ0v) is 14.1. The quantitative estimate of drug-likeness (QED) is 0.793. The van der Waals surface area contributed by atoms with Gasteiger partial charge in [-0.05, 0) is 40.7 Å². The summed E-state index contributed by atoms with van der Waals surface area (Å²) in [5.41, 5.74) is -0.176. The fourth-order valence-corrected chi connectivity index (χ4v) is 2.25. The van der Waals surface area contributed by atoms with Crippen LogP contribution < -0.4 is 10.2 Å². The average molecular weight is 316 g/mol. The van der Waals surface area contributed by atoms with Gasteiger partial charge in [-0.15, -0.1) is 0 Å². The molecule has 0 aliphatic carbocycles. The summed E-state index contributed by atoms with van der Waals surface area (Å²) < 4.78 is 19.4. The zero-order chi connectivity index (χ0) is 16.7. The molecule has 1 aliphatic heterocycles. The van der Waals surface area contributed by atoms with Gasteiger partial charge in [-0.25, -0.2) is 9.67 Å². The summed E-state index contributed by atoms with van der Waals surface area (Å²) in [7, 11) is -0.562. The summed E-state index contributed by atoms with van der Waals surface area (Å²) in [6.45, 7) is 10.4. The van der Waals surface area contributed by atoms with Gasteiger partial charge < -0.3 is 14.0 Å². The largest absolute Gasteiger partial charge is 0.502 e. The molecule has 3 heterocycles. The minimum absolute atomic E-state index is 0.429. The lowest BCUT2D eigenvalue weighted by atomic mass is 9.81. The Hall–Kier alpha value is -1.93. The van der Waals surface area contributed by atoms with Gasteiger partial charge in [0.15, 0.2) is 0 Å². The van der Waals surface area contributed by atoms with Gasteiger partial charge in [0.25, 0.3) is 5.95 Å².